The van der Waals surface area contributed by atoms with Gasteiger partial charge in [-0.15, -0.1) is 0 Å². The van der Waals surface area contributed by atoms with E-state index in [1.165, 1.54) is 5.56 Å². The quantitative estimate of drug-likeness (QED) is 0.891. The van der Waals surface area contributed by atoms with E-state index < -0.39 is 0 Å². The molecule has 4 nitrogen and oxygen atoms in total. The summed E-state index contributed by atoms with van der Waals surface area (Å²) < 4.78 is 0. The Labute approximate surface area is 127 Å². The van der Waals surface area contributed by atoms with Gasteiger partial charge in [-0.05, 0) is 25.3 Å². The van der Waals surface area contributed by atoms with E-state index in [9.17, 15) is 4.79 Å². The van der Waals surface area contributed by atoms with Crippen LogP contribution in [0.15, 0.2) is 30.3 Å². The summed E-state index contributed by atoms with van der Waals surface area (Å²) in [6, 6.07) is 11.5. The Morgan fingerprint density at radius 1 is 1.24 bits per heavy atom. The van der Waals surface area contributed by atoms with E-state index in [1.807, 2.05) is 0 Å². The normalized spacial score (nSPS) is 24.0. The molecule has 114 valence electrons. The summed E-state index contributed by atoms with van der Waals surface area (Å²) in [5.74, 6) is 0.195. The van der Waals surface area contributed by atoms with E-state index in [0.717, 1.165) is 39.0 Å². The highest BCUT2D eigenvalue weighted by molar-refractivity contribution is 5.78. The van der Waals surface area contributed by atoms with Crippen LogP contribution in [0.5, 0.6) is 0 Å². The van der Waals surface area contributed by atoms with Crippen molar-refractivity contribution in [3.8, 4) is 0 Å². The Hall–Kier alpha value is -1.39. The molecular weight excluding hydrogens is 262 g/mol. The molecule has 1 aromatic carbocycles. The number of amides is 1. The smallest absolute Gasteiger partial charge is 0.234 e. The largest absolute Gasteiger partial charge is 0.352 e. The number of nitrogens with one attached hydrogen (secondary N) is 1. The van der Waals surface area contributed by atoms with Gasteiger partial charge in [0.05, 0.1) is 6.54 Å². The predicted octanol–water partition coefficient (Wildman–Crippen LogP) is 1.47. The zero-order valence-electron chi connectivity index (χ0n) is 12.8. The van der Waals surface area contributed by atoms with Gasteiger partial charge in [-0.25, -0.2) is 0 Å². The SMILES string of the molecule is C[C@@H]1CN(Cc2ccccc2)CCN1CC(=O)NC1CC1. The fourth-order valence-corrected chi connectivity index (χ4v) is 2.98. The first-order chi connectivity index (χ1) is 10.2. The molecular formula is C17H25N3O. The number of piperazine rings is 1. The van der Waals surface area contributed by atoms with Gasteiger partial charge in [0.2, 0.25) is 5.91 Å². The molecule has 1 saturated heterocycles. The molecule has 4 heteroatoms. The van der Waals surface area contributed by atoms with Crippen LogP contribution in [0.4, 0.5) is 0 Å². The van der Waals surface area contributed by atoms with Gasteiger partial charge in [0.15, 0.2) is 0 Å². The highest BCUT2D eigenvalue weighted by Gasteiger charge is 2.28. The van der Waals surface area contributed by atoms with Gasteiger partial charge in [0, 0.05) is 38.3 Å². The first-order valence-corrected chi connectivity index (χ1v) is 8.00. The second-order valence-electron chi connectivity index (χ2n) is 6.38. The zero-order chi connectivity index (χ0) is 14.7. The maximum absolute atomic E-state index is 11.9. The highest BCUT2D eigenvalue weighted by atomic mass is 16.2. The minimum atomic E-state index is 0.195. The summed E-state index contributed by atoms with van der Waals surface area (Å²) in [6.07, 6.45) is 2.32. The Bertz CT molecular complexity index is 472. The first kappa shape index (κ1) is 14.5. The van der Waals surface area contributed by atoms with E-state index in [4.69, 9.17) is 0 Å². The number of hydrogen-bond donors (Lipinski definition) is 1. The molecule has 1 aliphatic heterocycles. The van der Waals surface area contributed by atoms with Crippen molar-refractivity contribution in [1.82, 2.24) is 15.1 Å². The van der Waals surface area contributed by atoms with Crippen LogP contribution in [-0.2, 0) is 11.3 Å². The lowest BCUT2D eigenvalue weighted by Gasteiger charge is -2.39. The van der Waals surface area contributed by atoms with Crippen LogP contribution in [0.1, 0.15) is 25.3 Å². The topological polar surface area (TPSA) is 35.6 Å². The van der Waals surface area contributed by atoms with Crippen LogP contribution < -0.4 is 5.32 Å². The Kier molecular flexibility index (Phi) is 4.56. The second kappa shape index (κ2) is 6.58. The van der Waals surface area contributed by atoms with Gasteiger partial charge in [0.25, 0.3) is 0 Å². The number of nitrogens with zero attached hydrogens (tertiary/aromatic N) is 2. The molecule has 1 aliphatic carbocycles. The first-order valence-electron chi connectivity index (χ1n) is 8.00. The fourth-order valence-electron chi connectivity index (χ4n) is 2.98. The van der Waals surface area contributed by atoms with Crippen molar-refractivity contribution in [2.24, 2.45) is 0 Å². The van der Waals surface area contributed by atoms with Crippen molar-refractivity contribution < 1.29 is 4.79 Å². The van der Waals surface area contributed by atoms with Crippen LogP contribution in [0.3, 0.4) is 0 Å². The second-order valence-corrected chi connectivity index (χ2v) is 6.38. The standard InChI is InChI=1S/C17H25N3O/c1-14-11-19(12-15-5-3-2-4-6-15)9-10-20(14)13-17(21)18-16-7-8-16/h2-6,14,16H,7-13H2,1H3,(H,18,21)/t14-/m1/s1. The van der Waals surface area contributed by atoms with E-state index >= 15 is 0 Å². The summed E-state index contributed by atoms with van der Waals surface area (Å²) in [5.41, 5.74) is 1.37. The Balaban J connectivity index is 1.46. The average Bonchev–Trinajstić information content (AvgIpc) is 3.27. The van der Waals surface area contributed by atoms with Crippen molar-refractivity contribution in [3.63, 3.8) is 0 Å². The lowest BCUT2D eigenvalue weighted by molar-refractivity contribution is -0.123. The minimum Gasteiger partial charge on any atom is -0.352 e. The third-order valence-electron chi connectivity index (χ3n) is 4.39. The molecule has 0 aromatic heterocycles. The summed E-state index contributed by atoms with van der Waals surface area (Å²) >= 11 is 0. The highest BCUT2D eigenvalue weighted by Crippen LogP contribution is 2.19. The number of carbonyl (C=O) groups is 1. The fraction of sp³-hybridized carbons (Fsp3) is 0.588. The van der Waals surface area contributed by atoms with Gasteiger partial charge in [-0.3, -0.25) is 14.6 Å². The maximum atomic E-state index is 11.9. The van der Waals surface area contributed by atoms with E-state index in [2.05, 4.69) is 52.4 Å². The summed E-state index contributed by atoms with van der Waals surface area (Å²) in [5, 5.41) is 3.08. The van der Waals surface area contributed by atoms with E-state index in [-0.39, 0.29) is 5.91 Å². The summed E-state index contributed by atoms with van der Waals surface area (Å²) in [6.45, 7) is 6.83. The number of benzene rings is 1. The molecule has 2 fully saturated rings. The lowest BCUT2D eigenvalue weighted by Crippen LogP contribution is -2.54. The Morgan fingerprint density at radius 2 is 2.00 bits per heavy atom. The molecule has 1 amide bonds. The zero-order valence-corrected chi connectivity index (χ0v) is 12.8. The van der Waals surface area contributed by atoms with E-state index in [1.54, 1.807) is 0 Å². The van der Waals surface area contributed by atoms with Crippen molar-refractivity contribution >= 4 is 5.91 Å². The maximum Gasteiger partial charge on any atom is 0.234 e. The monoisotopic (exact) mass is 287 g/mol. The van der Waals surface area contributed by atoms with Crippen molar-refractivity contribution in [3.05, 3.63) is 35.9 Å². The lowest BCUT2D eigenvalue weighted by atomic mass is 10.1. The van der Waals surface area contributed by atoms with Crippen LogP contribution >= 0.6 is 0 Å². The van der Waals surface area contributed by atoms with Crippen LogP contribution in [-0.4, -0.2) is 54.0 Å². The van der Waals surface area contributed by atoms with Gasteiger partial charge < -0.3 is 5.32 Å². The predicted molar refractivity (Wildman–Crippen MR) is 83.9 cm³/mol. The van der Waals surface area contributed by atoms with Gasteiger partial charge >= 0.3 is 0 Å². The molecule has 1 atom stereocenters. The van der Waals surface area contributed by atoms with Crippen molar-refractivity contribution in [2.75, 3.05) is 26.2 Å². The molecule has 1 N–H and O–H groups in total. The molecule has 0 spiro atoms. The summed E-state index contributed by atoms with van der Waals surface area (Å²) in [4.78, 5) is 16.7. The third-order valence-corrected chi connectivity index (χ3v) is 4.39. The summed E-state index contributed by atoms with van der Waals surface area (Å²) in [7, 11) is 0. The molecule has 1 aromatic rings. The average molecular weight is 287 g/mol. The molecule has 3 rings (SSSR count). The number of rotatable bonds is 5. The molecule has 21 heavy (non-hydrogen) atoms. The Morgan fingerprint density at radius 3 is 2.67 bits per heavy atom. The number of hydrogen-bond acceptors (Lipinski definition) is 3. The van der Waals surface area contributed by atoms with E-state index in [0.29, 0.717) is 18.6 Å². The number of carbonyl (C=O) groups excluding carboxylic acids is 1. The molecule has 0 radical (unpaired) electrons. The van der Waals surface area contributed by atoms with Crippen LogP contribution in [0.2, 0.25) is 0 Å². The molecule has 1 heterocycles. The molecule has 2 aliphatic rings. The minimum absolute atomic E-state index is 0.195. The van der Waals surface area contributed by atoms with Gasteiger partial charge in [-0.2, -0.15) is 0 Å². The van der Waals surface area contributed by atoms with Crippen molar-refractivity contribution in [2.45, 2.75) is 38.4 Å². The van der Waals surface area contributed by atoms with Crippen LogP contribution in [0, 0.1) is 0 Å². The molecule has 0 bridgehead atoms. The molecule has 0 unspecified atom stereocenters. The third kappa shape index (κ3) is 4.29. The molecule has 1 saturated carbocycles. The van der Waals surface area contributed by atoms with Gasteiger partial charge in [-0.1, -0.05) is 30.3 Å². The van der Waals surface area contributed by atoms with Crippen molar-refractivity contribution in [1.29, 1.82) is 0 Å². The van der Waals surface area contributed by atoms with Gasteiger partial charge in [0.1, 0.15) is 0 Å². The van der Waals surface area contributed by atoms with Crippen LogP contribution in [0.25, 0.3) is 0 Å².